The average molecular weight is 469 g/mol. The van der Waals surface area contributed by atoms with Gasteiger partial charge in [0.05, 0.1) is 29.9 Å². The van der Waals surface area contributed by atoms with Crippen LogP contribution in [0.5, 0.6) is 11.5 Å². The van der Waals surface area contributed by atoms with E-state index in [0.29, 0.717) is 24.9 Å². The largest absolute Gasteiger partial charge is 0.490 e. The van der Waals surface area contributed by atoms with Crippen LogP contribution in [0.25, 0.3) is 0 Å². The quantitative estimate of drug-likeness (QED) is 0.531. The normalized spacial score (nSPS) is 10.6. The number of hydrogen-bond acceptors (Lipinski definition) is 4. The maximum Gasteiger partial charge on any atom is 0.169 e. The Morgan fingerprint density at radius 1 is 1.21 bits per heavy atom. The van der Waals surface area contributed by atoms with Crippen LogP contribution in [-0.4, -0.2) is 46.6 Å². The molecule has 1 aromatic carbocycles. The molecule has 0 spiro atoms. The highest BCUT2D eigenvalue weighted by molar-refractivity contribution is 9.10. The van der Waals surface area contributed by atoms with Crippen molar-refractivity contribution in [2.75, 3.05) is 26.8 Å². The Hall–Kier alpha value is -1.80. The van der Waals surface area contributed by atoms with E-state index in [4.69, 9.17) is 21.7 Å². The third kappa shape index (κ3) is 6.38. The van der Waals surface area contributed by atoms with Crippen molar-refractivity contribution in [1.82, 2.24) is 20.0 Å². The van der Waals surface area contributed by atoms with Crippen molar-refractivity contribution in [2.45, 2.75) is 40.3 Å². The lowest BCUT2D eigenvalue weighted by Crippen LogP contribution is -2.37. The first-order valence-corrected chi connectivity index (χ1v) is 10.8. The molecule has 0 aliphatic heterocycles. The van der Waals surface area contributed by atoms with Gasteiger partial charge in [0.15, 0.2) is 16.6 Å². The molecule has 2 aromatic rings. The van der Waals surface area contributed by atoms with E-state index in [-0.39, 0.29) is 0 Å². The van der Waals surface area contributed by atoms with Gasteiger partial charge in [-0.1, -0.05) is 6.07 Å². The zero-order chi connectivity index (χ0) is 20.5. The van der Waals surface area contributed by atoms with Gasteiger partial charge in [0.1, 0.15) is 0 Å². The molecule has 1 N–H and O–H groups in total. The summed E-state index contributed by atoms with van der Waals surface area (Å²) in [5, 5.41) is 8.56. The highest BCUT2D eigenvalue weighted by Crippen LogP contribution is 2.28. The molecule has 0 aliphatic carbocycles. The van der Waals surface area contributed by atoms with Crippen LogP contribution < -0.4 is 14.8 Å². The number of benzene rings is 1. The number of ether oxygens (including phenoxy) is 2. The van der Waals surface area contributed by atoms with Gasteiger partial charge >= 0.3 is 0 Å². The van der Waals surface area contributed by atoms with E-state index < -0.39 is 0 Å². The fraction of sp³-hybridized carbons (Fsp3) is 0.500. The molecule has 0 atom stereocenters. The van der Waals surface area contributed by atoms with Gasteiger partial charge in [-0.3, -0.25) is 4.68 Å². The van der Waals surface area contributed by atoms with E-state index in [0.717, 1.165) is 41.2 Å². The van der Waals surface area contributed by atoms with Crippen molar-refractivity contribution in [3.05, 3.63) is 40.1 Å². The minimum absolute atomic E-state index is 0.611. The minimum Gasteiger partial charge on any atom is -0.490 e. The summed E-state index contributed by atoms with van der Waals surface area (Å²) >= 11 is 9.07. The fourth-order valence-corrected chi connectivity index (χ4v) is 3.31. The van der Waals surface area contributed by atoms with E-state index in [1.54, 1.807) is 0 Å². The van der Waals surface area contributed by atoms with Gasteiger partial charge in [-0.2, -0.15) is 5.10 Å². The number of halogens is 1. The Morgan fingerprint density at radius 3 is 2.57 bits per heavy atom. The van der Waals surface area contributed by atoms with Crippen LogP contribution in [0.2, 0.25) is 0 Å². The molecule has 1 aromatic heterocycles. The summed E-state index contributed by atoms with van der Waals surface area (Å²) in [5.74, 6) is 1.58. The molecule has 0 fully saturated rings. The molecule has 0 bridgehead atoms. The van der Waals surface area contributed by atoms with Gasteiger partial charge in [0, 0.05) is 26.3 Å². The van der Waals surface area contributed by atoms with E-state index in [9.17, 15) is 0 Å². The molecule has 154 valence electrons. The molecule has 0 aliphatic rings. The van der Waals surface area contributed by atoms with E-state index in [2.05, 4.69) is 39.3 Å². The second-order valence-corrected chi connectivity index (χ2v) is 7.51. The van der Waals surface area contributed by atoms with Crippen LogP contribution >= 0.6 is 28.1 Å². The van der Waals surface area contributed by atoms with E-state index >= 15 is 0 Å². The summed E-state index contributed by atoms with van der Waals surface area (Å²) in [6.07, 6.45) is 2.83. The van der Waals surface area contributed by atoms with Crippen molar-refractivity contribution in [3.63, 3.8) is 0 Å². The maximum absolute atomic E-state index is 5.69. The Labute approximate surface area is 181 Å². The van der Waals surface area contributed by atoms with Crippen LogP contribution in [0.3, 0.4) is 0 Å². The predicted octanol–water partition coefficient (Wildman–Crippen LogP) is 4.01. The molecular weight excluding hydrogens is 440 g/mol. The molecule has 0 radical (unpaired) electrons. The first kappa shape index (κ1) is 22.5. The second-order valence-electron chi connectivity index (χ2n) is 6.26. The summed E-state index contributed by atoms with van der Waals surface area (Å²) in [6, 6.07) is 6.07. The van der Waals surface area contributed by atoms with Gasteiger partial charge in [-0.05, 0) is 73.0 Å². The van der Waals surface area contributed by atoms with Gasteiger partial charge < -0.3 is 19.7 Å². The van der Waals surface area contributed by atoms with Gasteiger partial charge in [0.2, 0.25) is 0 Å². The molecule has 8 heteroatoms. The lowest BCUT2D eigenvalue weighted by molar-refractivity contribution is 0.287. The number of hydrogen-bond donors (Lipinski definition) is 1. The van der Waals surface area contributed by atoms with Gasteiger partial charge in [-0.15, -0.1) is 0 Å². The molecule has 28 heavy (non-hydrogen) atoms. The summed E-state index contributed by atoms with van der Waals surface area (Å²) < 4.78 is 14.2. The summed E-state index contributed by atoms with van der Waals surface area (Å²) in [7, 11) is 1.97. The van der Waals surface area contributed by atoms with Gasteiger partial charge in [-0.25, -0.2) is 0 Å². The van der Waals surface area contributed by atoms with Crippen molar-refractivity contribution >= 4 is 33.3 Å². The second kappa shape index (κ2) is 11.3. The maximum atomic E-state index is 5.69. The first-order chi connectivity index (χ1) is 13.5. The molecule has 0 saturated heterocycles. The highest BCUT2D eigenvalue weighted by atomic mass is 79.9. The minimum atomic E-state index is 0.611. The number of aromatic nitrogens is 2. The number of nitrogens with zero attached hydrogens (tertiary/aromatic N) is 3. The average Bonchev–Trinajstić information content (AvgIpc) is 3.03. The zero-order valence-corrected chi connectivity index (χ0v) is 19.4. The van der Waals surface area contributed by atoms with Crippen LogP contribution in [0.15, 0.2) is 28.9 Å². The Morgan fingerprint density at radius 2 is 1.93 bits per heavy atom. The Balaban J connectivity index is 1.87. The number of thiocarbonyl (C=S) groups is 1. The summed E-state index contributed by atoms with van der Waals surface area (Å²) in [4.78, 5) is 1.99. The van der Waals surface area contributed by atoms with E-state index in [1.165, 1.54) is 5.56 Å². The van der Waals surface area contributed by atoms with Gasteiger partial charge in [0.25, 0.3) is 0 Å². The Bertz CT molecular complexity index is 782. The highest BCUT2D eigenvalue weighted by Gasteiger charge is 2.11. The molecule has 6 nitrogen and oxygen atoms in total. The van der Waals surface area contributed by atoms with Crippen LogP contribution in [0, 0.1) is 0 Å². The molecule has 1 heterocycles. The first-order valence-electron chi connectivity index (χ1n) is 9.57. The SMILES string of the molecule is CCOc1ccc(CCNC(=S)N(C)Cc2nn(CC)cc2Br)cc1OCC. The summed E-state index contributed by atoms with van der Waals surface area (Å²) in [5.41, 5.74) is 2.15. The zero-order valence-electron chi connectivity index (χ0n) is 17.0. The molecule has 0 unspecified atom stereocenters. The van der Waals surface area contributed by atoms with Crippen LogP contribution in [0.1, 0.15) is 32.0 Å². The topological polar surface area (TPSA) is 51.5 Å². The third-order valence-electron chi connectivity index (χ3n) is 4.14. The lowest BCUT2D eigenvalue weighted by Gasteiger charge is -2.20. The fourth-order valence-electron chi connectivity index (χ4n) is 2.70. The van der Waals surface area contributed by atoms with E-state index in [1.807, 2.05) is 48.8 Å². The summed E-state index contributed by atoms with van der Waals surface area (Å²) in [6.45, 7) is 9.47. The molecular formula is C20H29BrN4O2S. The molecule has 0 amide bonds. The number of aryl methyl sites for hydroxylation is 1. The van der Waals surface area contributed by atoms with Crippen LogP contribution in [-0.2, 0) is 19.5 Å². The predicted molar refractivity (Wildman–Crippen MR) is 120 cm³/mol. The molecule has 0 saturated carbocycles. The van der Waals surface area contributed by atoms with Crippen molar-refractivity contribution < 1.29 is 9.47 Å². The van der Waals surface area contributed by atoms with Crippen molar-refractivity contribution in [1.29, 1.82) is 0 Å². The van der Waals surface area contributed by atoms with Crippen molar-refractivity contribution in [3.8, 4) is 11.5 Å². The monoisotopic (exact) mass is 468 g/mol. The Kier molecular flexibility index (Phi) is 9.05. The number of nitrogens with one attached hydrogen (secondary N) is 1. The standard InChI is InChI=1S/C20H29BrN4O2S/c1-5-25-13-16(21)17(23-25)14-24(4)20(28)22-11-10-15-8-9-18(26-6-2)19(12-15)27-7-3/h8-9,12-13H,5-7,10-11,14H2,1-4H3,(H,22,28). The van der Waals surface area contributed by atoms with Crippen LogP contribution in [0.4, 0.5) is 0 Å². The third-order valence-corrected chi connectivity index (χ3v) is 5.26. The smallest absolute Gasteiger partial charge is 0.169 e. The van der Waals surface area contributed by atoms with Crippen molar-refractivity contribution in [2.24, 2.45) is 0 Å². The lowest BCUT2D eigenvalue weighted by atomic mass is 10.1. The molecule has 2 rings (SSSR count). The number of rotatable bonds is 10.